The molecule has 0 unspecified atom stereocenters. The molecule has 78 valence electrons. The van der Waals surface area contributed by atoms with Crippen LogP contribution in [0.3, 0.4) is 0 Å². The van der Waals surface area contributed by atoms with E-state index >= 15 is 0 Å². The zero-order valence-corrected chi connectivity index (χ0v) is 9.24. The van der Waals surface area contributed by atoms with Crippen LogP contribution in [0.15, 0.2) is 48.0 Å². The van der Waals surface area contributed by atoms with Gasteiger partial charge in [-0.2, -0.15) is 0 Å². The van der Waals surface area contributed by atoms with Crippen LogP contribution in [0.5, 0.6) is 0 Å². The summed E-state index contributed by atoms with van der Waals surface area (Å²) in [5, 5.41) is 5.19. The first-order valence-electron chi connectivity index (χ1n) is 4.94. The van der Waals surface area contributed by atoms with E-state index in [1.54, 1.807) is 11.3 Å². The number of hydrogen-bond acceptors (Lipinski definition) is 4. The summed E-state index contributed by atoms with van der Waals surface area (Å²) in [5.41, 5.74) is 1.98. The van der Waals surface area contributed by atoms with Crippen LogP contribution in [-0.4, -0.2) is 9.97 Å². The van der Waals surface area contributed by atoms with E-state index in [0.29, 0.717) is 5.95 Å². The van der Waals surface area contributed by atoms with Crippen molar-refractivity contribution < 1.29 is 0 Å². The number of aromatic nitrogens is 2. The minimum absolute atomic E-state index is 0.636. The standard InChI is InChI=1S/C12H9N3S/c1-2-4-9(5-3-1)14-12-13-8-11-10(15-12)6-7-16-11/h1-8H,(H,13,14,15). The molecule has 3 nitrogen and oxygen atoms in total. The maximum absolute atomic E-state index is 4.42. The van der Waals surface area contributed by atoms with Crippen LogP contribution in [0.25, 0.3) is 10.2 Å². The van der Waals surface area contributed by atoms with Crippen LogP contribution in [0, 0.1) is 0 Å². The summed E-state index contributed by atoms with van der Waals surface area (Å²) in [6, 6.07) is 11.9. The van der Waals surface area contributed by atoms with Gasteiger partial charge in [-0.05, 0) is 23.6 Å². The first-order chi connectivity index (χ1) is 7.92. The number of rotatable bonds is 2. The highest BCUT2D eigenvalue weighted by Crippen LogP contribution is 2.20. The van der Waals surface area contributed by atoms with Crippen LogP contribution in [0.2, 0.25) is 0 Å². The van der Waals surface area contributed by atoms with Crippen molar-refractivity contribution in [3.8, 4) is 0 Å². The minimum atomic E-state index is 0.636. The highest BCUT2D eigenvalue weighted by molar-refractivity contribution is 7.17. The number of thiophene rings is 1. The van der Waals surface area contributed by atoms with E-state index in [4.69, 9.17) is 0 Å². The van der Waals surface area contributed by atoms with Crippen molar-refractivity contribution in [3.63, 3.8) is 0 Å². The van der Waals surface area contributed by atoms with Gasteiger partial charge in [0.25, 0.3) is 0 Å². The van der Waals surface area contributed by atoms with Gasteiger partial charge >= 0.3 is 0 Å². The molecule has 2 heterocycles. The number of fused-ring (bicyclic) bond motifs is 1. The maximum Gasteiger partial charge on any atom is 0.227 e. The van der Waals surface area contributed by atoms with Gasteiger partial charge in [0.2, 0.25) is 5.95 Å². The lowest BCUT2D eigenvalue weighted by Gasteiger charge is -2.03. The summed E-state index contributed by atoms with van der Waals surface area (Å²) >= 11 is 1.65. The van der Waals surface area contributed by atoms with Gasteiger partial charge in [-0.25, -0.2) is 9.97 Å². The Hall–Kier alpha value is -1.94. The average molecular weight is 227 g/mol. The first kappa shape index (κ1) is 9.30. The second kappa shape index (κ2) is 3.90. The van der Waals surface area contributed by atoms with E-state index in [-0.39, 0.29) is 0 Å². The molecule has 0 aliphatic rings. The molecule has 3 rings (SSSR count). The Bertz CT molecular complexity index is 604. The molecule has 0 aliphatic carbocycles. The Morgan fingerprint density at radius 1 is 1.06 bits per heavy atom. The smallest absolute Gasteiger partial charge is 0.227 e. The third kappa shape index (κ3) is 1.75. The fraction of sp³-hybridized carbons (Fsp3) is 0. The third-order valence-electron chi connectivity index (χ3n) is 2.23. The fourth-order valence-corrected chi connectivity index (χ4v) is 2.17. The molecule has 2 aromatic heterocycles. The fourth-order valence-electron chi connectivity index (χ4n) is 1.48. The van der Waals surface area contributed by atoms with Crippen molar-refractivity contribution in [2.45, 2.75) is 0 Å². The SMILES string of the molecule is c1ccc(Nc2ncc3sccc3n2)cc1. The number of hydrogen-bond donors (Lipinski definition) is 1. The highest BCUT2D eigenvalue weighted by atomic mass is 32.1. The summed E-state index contributed by atoms with van der Waals surface area (Å²) in [7, 11) is 0. The number of nitrogens with one attached hydrogen (secondary N) is 1. The summed E-state index contributed by atoms with van der Waals surface area (Å²) in [6.07, 6.45) is 1.85. The van der Waals surface area contributed by atoms with E-state index in [9.17, 15) is 0 Å². The van der Waals surface area contributed by atoms with Crippen LogP contribution in [-0.2, 0) is 0 Å². The Morgan fingerprint density at radius 3 is 2.81 bits per heavy atom. The summed E-state index contributed by atoms with van der Waals surface area (Å²) < 4.78 is 1.11. The average Bonchev–Trinajstić information content (AvgIpc) is 2.77. The Kier molecular flexibility index (Phi) is 2.27. The number of nitrogens with zero attached hydrogens (tertiary/aromatic N) is 2. The molecule has 0 saturated carbocycles. The van der Waals surface area contributed by atoms with E-state index in [1.165, 1.54) is 0 Å². The molecular formula is C12H9N3S. The monoisotopic (exact) mass is 227 g/mol. The predicted molar refractivity (Wildman–Crippen MR) is 67.1 cm³/mol. The van der Waals surface area contributed by atoms with E-state index < -0.39 is 0 Å². The lowest BCUT2D eigenvalue weighted by atomic mass is 10.3. The molecule has 1 aromatic carbocycles. The Morgan fingerprint density at radius 2 is 1.94 bits per heavy atom. The van der Waals surface area contributed by atoms with Crippen molar-refractivity contribution >= 4 is 33.2 Å². The summed E-state index contributed by atoms with van der Waals surface area (Å²) in [5.74, 6) is 0.636. The van der Waals surface area contributed by atoms with Gasteiger partial charge in [-0.1, -0.05) is 18.2 Å². The van der Waals surface area contributed by atoms with Gasteiger partial charge in [0, 0.05) is 5.69 Å². The van der Waals surface area contributed by atoms with Crippen molar-refractivity contribution in [3.05, 3.63) is 48.0 Å². The highest BCUT2D eigenvalue weighted by Gasteiger charge is 2.00. The van der Waals surface area contributed by atoms with E-state index in [0.717, 1.165) is 15.9 Å². The van der Waals surface area contributed by atoms with Gasteiger partial charge in [0.1, 0.15) is 0 Å². The number of benzene rings is 1. The molecular weight excluding hydrogens is 218 g/mol. The van der Waals surface area contributed by atoms with Crippen LogP contribution < -0.4 is 5.32 Å². The first-order valence-corrected chi connectivity index (χ1v) is 5.82. The molecule has 0 aliphatic heterocycles. The zero-order chi connectivity index (χ0) is 10.8. The zero-order valence-electron chi connectivity index (χ0n) is 8.42. The van der Waals surface area contributed by atoms with Gasteiger partial charge in [-0.15, -0.1) is 11.3 Å². The van der Waals surface area contributed by atoms with Gasteiger partial charge in [-0.3, -0.25) is 0 Å². The lowest BCUT2D eigenvalue weighted by Crippen LogP contribution is -1.95. The predicted octanol–water partition coefficient (Wildman–Crippen LogP) is 3.43. The number of para-hydroxylation sites is 1. The largest absolute Gasteiger partial charge is 0.324 e. The van der Waals surface area contributed by atoms with E-state index in [1.807, 2.05) is 48.0 Å². The van der Waals surface area contributed by atoms with Gasteiger partial charge < -0.3 is 5.32 Å². The van der Waals surface area contributed by atoms with E-state index in [2.05, 4.69) is 15.3 Å². The molecule has 4 heteroatoms. The Balaban J connectivity index is 1.94. The molecule has 3 aromatic rings. The van der Waals surface area contributed by atoms with Gasteiger partial charge in [0.15, 0.2) is 0 Å². The molecule has 0 bridgehead atoms. The minimum Gasteiger partial charge on any atom is -0.324 e. The van der Waals surface area contributed by atoms with Crippen molar-refractivity contribution in [1.82, 2.24) is 9.97 Å². The third-order valence-corrected chi connectivity index (χ3v) is 3.07. The molecule has 0 saturated heterocycles. The molecule has 0 fully saturated rings. The van der Waals surface area contributed by atoms with Crippen molar-refractivity contribution in [2.24, 2.45) is 0 Å². The maximum atomic E-state index is 4.42. The Labute approximate surface area is 96.8 Å². The topological polar surface area (TPSA) is 37.8 Å². The molecule has 0 atom stereocenters. The number of anilines is 2. The summed E-state index contributed by atoms with van der Waals surface area (Å²) in [6.45, 7) is 0. The van der Waals surface area contributed by atoms with Gasteiger partial charge in [0.05, 0.1) is 16.4 Å². The van der Waals surface area contributed by atoms with Crippen LogP contribution in [0.1, 0.15) is 0 Å². The second-order valence-electron chi connectivity index (χ2n) is 3.35. The molecule has 0 radical (unpaired) electrons. The molecule has 0 spiro atoms. The summed E-state index contributed by atoms with van der Waals surface area (Å²) in [4.78, 5) is 8.68. The van der Waals surface area contributed by atoms with Crippen LogP contribution in [0.4, 0.5) is 11.6 Å². The van der Waals surface area contributed by atoms with Crippen molar-refractivity contribution in [2.75, 3.05) is 5.32 Å². The van der Waals surface area contributed by atoms with Crippen LogP contribution >= 0.6 is 11.3 Å². The normalized spacial score (nSPS) is 10.5. The van der Waals surface area contributed by atoms with Crippen molar-refractivity contribution in [1.29, 1.82) is 0 Å². The quantitative estimate of drug-likeness (QED) is 0.728. The lowest BCUT2D eigenvalue weighted by molar-refractivity contribution is 1.22. The molecule has 1 N–H and O–H groups in total. The molecule has 0 amide bonds. The second-order valence-corrected chi connectivity index (χ2v) is 4.30. The molecule has 16 heavy (non-hydrogen) atoms.